The quantitative estimate of drug-likeness (QED) is 0.335. The van der Waals surface area contributed by atoms with Crippen molar-refractivity contribution in [3.8, 4) is 0 Å². The molecule has 0 radical (unpaired) electrons. The number of fused-ring (bicyclic) bond motifs is 2. The molecule has 32 heavy (non-hydrogen) atoms. The minimum Gasteiger partial charge on any atom is -0.319 e. The second-order valence-electron chi connectivity index (χ2n) is 6.07. The van der Waals surface area contributed by atoms with Crippen molar-refractivity contribution in [2.45, 2.75) is 12.4 Å². The maximum atomic E-state index is 12.8. The molecule has 2 aromatic heterocycles. The van der Waals surface area contributed by atoms with E-state index in [1.54, 1.807) is 0 Å². The number of halogens is 9. The van der Waals surface area contributed by atoms with Gasteiger partial charge in [-0.05, 0) is 30.3 Å². The van der Waals surface area contributed by atoms with Crippen LogP contribution in [-0.2, 0) is 12.4 Å². The summed E-state index contributed by atoms with van der Waals surface area (Å²) in [5.74, 6) is -1.28. The summed E-state index contributed by atoms with van der Waals surface area (Å²) in [7, 11) is 0. The maximum Gasteiger partial charge on any atom is 0.438 e. The molecule has 0 aliphatic rings. The monoisotopic (exact) mass is 482 g/mol. The Labute approximate surface area is 176 Å². The lowest BCUT2D eigenvalue weighted by atomic mass is 10.3. The number of nitrogens with zero attached hydrogens (tertiary/aromatic N) is 3. The number of aromatic amines is 1. The van der Waals surface area contributed by atoms with E-state index in [0.717, 1.165) is 36.4 Å². The zero-order valence-electron chi connectivity index (χ0n) is 15.1. The van der Waals surface area contributed by atoms with Crippen LogP contribution in [-0.4, -0.2) is 19.9 Å². The summed E-state index contributed by atoms with van der Waals surface area (Å²) in [6, 6.07) is 6.02. The smallest absolute Gasteiger partial charge is 0.319 e. The third-order valence-corrected chi connectivity index (χ3v) is 4.04. The van der Waals surface area contributed by atoms with Crippen LogP contribution in [0.3, 0.4) is 0 Å². The van der Waals surface area contributed by atoms with Gasteiger partial charge in [-0.15, -0.1) is 0 Å². The fourth-order valence-corrected chi connectivity index (χ4v) is 2.68. The summed E-state index contributed by atoms with van der Waals surface area (Å²) in [5, 5.41) is -0.786. The predicted octanol–water partition coefficient (Wildman–Crippen LogP) is 5.52. The number of rotatable bonds is 0. The van der Waals surface area contributed by atoms with Gasteiger partial charge in [0.15, 0.2) is 10.8 Å². The second-order valence-corrected chi connectivity index (χ2v) is 6.43. The number of benzene rings is 2. The standard InChI is InChI=1S/C9H3ClF4N2.C9H4F4N2O/c10-8-7(9(12,13)14)15-5-2-1-4(11)3-6(5)16-8;10-4-1-2-5-6(3-4)15-8(16)7(14-5)9(11,12)13/h1-3H;1-3H,(H,15,16). The highest BCUT2D eigenvalue weighted by atomic mass is 35.5. The average Bonchev–Trinajstić information content (AvgIpc) is 2.65. The minimum atomic E-state index is -4.82. The first-order valence-electron chi connectivity index (χ1n) is 8.22. The Kier molecular flexibility index (Phi) is 6.05. The first kappa shape index (κ1) is 23.3. The molecule has 2 heterocycles. The van der Waals surface area contributed by atoms with Crippen molar-refractivity contribution in [3.05, 3.63) is 74.9 Å². The molecule has 0 saturated heterocycles. The van der Waals surface area contributed by atoms with E-state index in [2.05, 4.69) is 15.0 Å². The molecule has 4 rings (SSSR count). The highest BCUT2D eigenvalue weighted by Gasteiger charge is 2.37. The van der Waals surface area contributed by atoms with Gasteiger partial charge in [0.1, 0.15) is 11.6 Å². The Morgan fingerprint density at radius 1 is 0.719 bits per heavy atom. The van der Waals surface area contributed by atoms with E-state index >= 15 is 0 Å². The van der Waals surface area contributed by atoms with Crippen molar-refractivity contribution in [2.24, 2.45) is 0 Å². The van der Waals surface area contributed by atoms with Crippen LogP contribution in [0.25, 0.3) is 22.1 Å². The summed E-state index contributed by atoms with van der Waals surface area (Å²) in [4.78, 5) is 22.9. The van der Waals surface area contributed by atoms with Crippen LogP contribution in [0.15, 0.2) is 41.2 Å². The van der Waals surface area contributed by atoms with Gasteiger partial charge in [-0.25, -0.2) is 23.7 Å². The summed E-state index contributed by atoms with van der Waals surface area (Å²) in [5.41, 5.74) is -4.45. The SMILES string of the molecule is Fc1ccc2nc(C(F)(F)F)c(Cl)nc2c1.O=c1[nH]c2cc(F)ccc2nc1C(F)(F)F. The Balaban J connectivity index is 0.000000181. The van der Waals surface area contributed by atoms with E-state index in [-0.39, 0.29) is 22.1 Å². The molecule has 0 saturated carbocycles. The van der Waals surface area contributed by atoms with Crippen molar-refractivity contribution in [1.29, 1.82) is 0 Å². The van der Waals surface area contributed by atoms with Crippen LogP contribution in [0.1, 0.15) is 11.4 Å². The molecule has 0 amide bonds. The third kappa shape index (κ3) is 5.10. The van der Waals surface area contributed by atoms with E-state index in [9.17, 15) is 39.9 Å². The lowest BCUT2D eigenvalue weighted by Crippen LogP contribution is -2.23. The molecule has 0 unspecified atom stereocenters. The van der Waals surface area contributed by atoms with Crippen molar-refractivity contribution in [3.63, 3.8) is 0 Å². The molecule has 2 aromatic carbocycles. The first-order chi connectivity index (χ1) is 14.8. The molecule has 0 bridgehead atoms. The van der Waals surface area contributed by atoms with Gasteiger partial charge in [0.2, 0.25) is 5.69 Å². The number of nitrogens with one attached hydrogen (secondary N) is 1. The van der Waals surface area contributed by atoms with Crippen molar-refractivity contribution in [1.82, 2.24) is 19.9 Å². The first-order valence-corrected chi connectivity index (χ1v) is 8.60. The molecule has 0 fully saturated rings. The van der Waals surface area contributed by atoms with Gasteiger partial charge in [-0.2, -0.15) is 26.3 Å². The summed E-state index contributed by atoms with van der Waals surface area (Å²) >= 11 is 5.32. The fraction of sp³-hybridized carbons (Fsp3) is 0.111. The molecule has 0 atom stereocenters. The van der Waals surface area contributed by atoms with Crippen molar-refractivity contribution >= 4 is 33.7 Å². The largest absolute Gasteiger partial charge is 0.438 e. The van der Waals surface area contributed by atoms with E-state index in [4.69, 9.17) is 11.6 Å². The van der Waals surface area contributed by atoms with Gasteiger partial charge in [-0.3, -0.25) is 4.79 Å². The number of hydrogen-bond donors (Lipinski definition) is 1. The molecule has 168 valence electrons. The topological polar surface area (TPSA) is 71.5 Å². The van der Waals surface area contributed by atoms with Gasteiger partial charge in [-0.1, -0.05) is 11.6 Å². The van der Waals surface area contributed by atoms with Gasteiger partial charge >= 0.3 is 12.4 Å². The van der Waals surface area contributed by atoms with Crippen LogP contribution in [0.5, 0.6) is 0 Å². The molecule has 5 nitrogen and oxygen atoms in total. The van der Waals surface area contributed by atoms with Crippen molar-refractivity contribution < 1.29 is 35.1 Å². The highest BCUT2D eigenvalue weighted by molar-refractivity contribution is 6.30. The summed E-state index contributed by atoms with van der Waals surface area (Å²) < 4.78 is 99.6. The minimum absolute atomic E-state index is 0.0157. The number of aromatic nitrogens is 4. The molecular formula is C18H7ClF8N4O. The van der Waals surface area contributed by atoms with Crippen LogP contribution in [0.4, 0.5) is 35.1 Å². The Morgan fingerprint density at radius 2 is 1.25 bits per heavy atom. The van der Waals surface area contributed by atoms with E-state index in [1.807, 2.05) is 4.98 Å². The van der Waals surface area contributed by atoms with E-state index < -0.39 is 46.1 Å². The fourth-order valence-electron chi connectivity index (χ4n) is 2.44. The van der Waals surface area contributed by atoms with Gasteiger partial charge < -0.3 is 4.98 Å². The van der Waals surface area contributed by atoms with Gasteiger partial charge in [0.05, 0.1) is 22.1 Å². The lowest BCUT2D eigenvalue weighted by molar-refractivity contribution is -0.142. The number of hydrogen-bond acceptors (Lipinski definition) is 4. The Morgan fingerprint density at radius 3 is 1.84 bits per heavy atom. The zero-order valence-corrected chi connectivity index (χ0v) is 15.9. The Bertz CT molecular complexity index is 1370. The average molecular weight is 483 g/mol. The Hall–Kier alpha value is -3.35. The molecular weight excluding hydrogens is 476 g/mol. The second kappa shape index (κ2) is 8.30. The highest BCUT2D eigenvalue weighted by Crippen LogP contribution is 2.33. The molecule has 0 spiro atoms. The number of alkyl halides is 6. The summed E-state index contributed by atoms with van der Waals surface area (Å²) in [6.07, 6.45) is -9.50. The lowest BCUT2D eigenvalue weighted by Gasteiger charge is -2.08. The van der Waals surface area contributed by atoms with Crippen LogP contribution >= 0.6 is 11.6 Å². The zero-order chi connectivity index (χ0) is 23.8. The van der Waals surface area contributed by atoms with Crippen LogP contribution in [0.2, 0.25) is 5.15 Å². The maximum absolute atomic E-state index is 12.8. The van der Waals surface area contributed by atoms with Gasteiger partial charge in [0, 0.05) is 6.07 Å². The molecule has 14 heteroatoms. The van der Waals surface area contributed by atoms with Gasteiger partial charge in [0.25, 0.3) is 5.56 Å². The molecule has 4 aromatic rings. The summed E-state index contributed by atoms with van der Waals surface area (Å²) in [6.45, 7) is 0. The third-order valence-electron chi connectivity index (χ3n) is 3.77. The normalized spacial score (nSPS) is 12.0. The van der Waals surface area contributed by atoms with E-state index in [1.165, 1.54) is 0 Å². The molecule has 0 aliphatic heterocycles. The van der Waals surface area contributed by atoms with Crippen LogP contribution < -0.4 is 5.56 Å². The van der Waals surface area contributed by atoms with Crippen molar-refractivity contribution in [2.75, 3.05) is 0 Å². The van der Waals surface area contributed by atoms with Crippen LogP contribution in [0, 0.1) is 11.6 Å². The molecule has 0 aliphatic carbocycles. The predicted molar refractivity (Wildman–Crippen MR) is 96.8 cm³/mol. The molecule has 1 N–H and O–H groups in total. The van der Waals surface area contributed by atoms with E-state index in [0.29, 0.717) is 0 Å². The number of H-pyrrole nitrogens is 1.